The van der Waals surface area contributed by atoms with Crippen molar-refractivity contribution in [1.82, 2.24) is 4.90 Å². The molecule has 2 aromatic carbocycles. The van der Waals surface area contributed by atoms with Crippen LogP contribution in [0.3, 0.4) is 0 Å². The van der Waals surface area contributed by atoms with E-state index in [1.54, 1.807) is 24.3 Å². The number of anilines is 2. The second-order valence-electron chi connectivity index (χ2n) is 8.28. The van der Waals surface area contributed by atoms with Crippen LogP contribution in [0.4, 0.5) is 11.4 Å². The van der Waals surface area contributed by atoms with Gasteiger partial charge in [-0.2, -0.15) is 0 Å². The smallest absolute Gasteiger partial charge is 0.250 e. The molecule has 6 rings (SSSR count). The van der Waals surface area contributed by atoms with E-state index in [9.17, 15) is 14.4 Å². The summed E-state index contributed by atoms with van der Waals surface area (Å²) in [5.74, 6) is -2.18. The highest BCUT2D eigenvalue weighted by Gasteiger charge is 2.74. The van der Waals surface area contributed by atoms with Gasteiger partial charge in [0, 0.05) is 21.8 Å². The number of nitrogens with one attached hydrogen (secondary N) is 1. The van der Waals surface area contributed by atoms with Crippen molar-refractivity contribution in [2.24, 2.45) is 11.8 Å². The molecule has 1 N–H and O–H groups in total. The van der Waals surface area contributed by atoms with Gasteiger partial charge in [0.25, 0.3) is 0 Å². The predicted molar refractivity (Wildman–Crippen MR) is 115 cm³/mol. The van der Waals surface area contributed by atoms with Crippen LogP contribution >= 0.6 is 27.5 Å². The largest absolute Gasteiger partial charge is 0.324 e. The lowest BCUT2D eigenvalue weighted by molar-refractivity contribution is -0.135. The van der Waals surface area contributed by atoms with Crippen LogP contribution in [0, 0.1) is 11.8 Å². The molecule has 3 saturated heterocycles. The van der Waals surface area contributed by atoms with Gasteiger partial charge in [-0.1, -0.05) is 39.7 Å². The van der Waals surface area contributed by atoms with Gasteiger partial charge in [0.15, 0.2) is 0 Å². The number of rotatable bonds is 1. The maximum absolute atomic E-state index is 13.8. The number of carbonyl (C=O) groups excluding carboxylic acids is 3. The Labute approximate surface area is 186 Å². The highest BCUT2D eigenvalue weighted by Crippen LogP contribution is 2.61. The number of amides is 3. The fourth-order valence-corrected chi connectivity index (χ4v) is 6.63. The van der Waals surface area contributed by atoms with Crippen molar-refractivity contribution in [2.75, 3.05) is 16.8 Å². The number of hydrogen-bond acceptors (Lipinski definition) is 4. The first-order chi connectivity index (χ1) is 14.5. The molecule has 6 nitrogen and oxygen atoms in total. The summed E-state index contributed by atoms with van der Waals surface area (Å²) in [6.45, 7) is 0.684. The van der Waals surface area contributed by atoms with Crippen LogP contribution in [0.5, 0.6) is 0 Å². The van der Waals surface area contributed by atoms with Gasteiger partial charge in [0.05, 0.1) is 22.5 Å². The average molecular weight is 487 g/mol. The van der Waals surface area contributed by atoms with E-state index in [1.165, 1.54) is 4.90 Å². The maximum Gasteiger partial charge on any atom is 0.250 e. The highest BCUT2D eigenvalue weighted by atomic mass is 79.9. The number of hydrogen-bond donors (Lipinski definition) is 1. The molecule has 0 bridgehead atoms. The Hall–Kier alpha value is -2.22. The second kappa shape index (κ2) is 6.15. The van der Waals surface area contributed by atoms with E-state index in [-0.39, 0.29) is 23.8 Å². The van der Waals surface area contributed by atoms with Crippen molar-refractivity contribution in [3.8, 4) is 0 Å². The van der Waals surface area contributed by atoms with Gasteiger partial charge < -0.3 is 5.32 Å². The molecule has 152 valence electrons. The molecular weight excluding hydrogens is 470 g/mol. The highest BCUT2D eigenvalue weighted by molar-refractivity contribution is 9.10. The molecule has 0 aromatic heterocycles. The summed E-state index contributed by atoms with van der Waals surface area (Å²) < 4.78 is 0.830. The van der Waals surface area contributed by atoms with Crippen molar-refractivity contribution in [3.05, 3.63) is 57.5 Å². The number of fused-ring (bicyclic) bond motifs is 7. The zero-order valence-electron chi connectivity index (χ0n) is 15.8. The molecule has 4 aliphatic heterocycles. The van der Waals surface area contributed by atoms with Crippen molar-refractivity contribution in [1.29, 1.82) is 0 Å². The standard InChI is InChI=1S/C22H17BrClN3O3/c23-11-7-8-14-12(10-11)22(21(30)25-14)18-17(16-6-3-9-26(16)22)19(28)27(20(18)29)15-5-2-1-4-13(15)24/h1-2,4-5,7-8,10,16-18H,3,6,9H2,(H,25,30). The van der Waals surface area contributed by atoms with Gasteiger partial charge in [-0.15, -0.1) is 0 Å². The Morgan fingerprint density at radius 1 is 1.10 bits per heavy atom. The van der Waals surface area contributed by atoms with Crippen molar-refractivity contribution < 1.29 is 14.4 Å². The van der Waals surface area contributed by atoms with Gasteiger partial charge >= 0.3 is 0 Å². The molecule has 8 heteroatoms. The summed E-state index contributed by atoms with van der Waals surface area (Å²) in [6.07, 6.45) is 1.68. The first-order valence-corrected chi connectivity index (χ1v) is 11.1. The third kappa shape index (κ3) is 2.05. The van der Waals surface area contributed by atoms with E-state index in [4.69, 9.17) is 11.6 Å². The van der Waals surface area contributed by atoms with E-state index >= 15 is 0 Å². The Morgan fingerprint density at radius 2 is 1.90 bits per heavy atom. The first kappa shape index (κ1) is 18.5. The molecule has 3 fully saturated rings. The number of imide groups is 1. The fraction of sp³-hybridized carbons (Fsp3) is 0.318. The second-order valence-corrected chi connectivity index (χ2v) is 9.60. The Balaban J connectivity index is 1.58. The molecule has 30 heavy (non-hydrogen) atoms. The Bertz CT molecular complexity index is 1150. The molecule has 4 aliphatic rings. The predicted octanol–water partition coefficient (Wildman–Crippen LogP) is 3.53. The molecule has 4 heterocycles. The molecule has 2 aromatic rings. The summed E-state index contributed by atoms with van der Waals surface area (Å²) in [5, 5.41) is 3.32. The van der Waals surface area contributed by atoms with Gasteiger partial charge in [-0.25, -0.2) is 4.90 Å². The zero-order valence-corrected chi connectivity index (χ0v) is 18.1. The number of carbonyl (C=O) groups is 3. The van der Waals surface area contributed by atoms with E-state index < -0.39 is 17.4 Å². The topological polar surface area (TPSA) is 69.7 Å². The maximum atomic E-state index is 13.8. The third-order valence-corrected chi connectivity index (χ3v) is 7.86. The zero-order chi connectivity index (χ0) is 20.8. The number of halogens is 2. The molecular formula is C22H17BrClN3O3. The van der Waals surface area contributed by atoms with E-state index in [0.717, 1.165) is 22.9 Å². The van der Waals surface area contributed by atoms with Crippen LogP contribution in [0.15, 0.2) is 46.9 Å². The van der Waals surface area contributed by atoms with Crippen LogP contribution in [0.2, 0.25) is 5.02 Å². The van der Waals surface area contributed by atoms with Crippen LogP contribution in [-0.4, -0.2) is 35.2 Å². The lowest BCUT2D eigenvalue weighted by Gasteiger charge is -2.36. The van der Waals surface area contributed by atoms with Crippen LogP contribution < -0.4 is 10.2 Å². The van der Waals surface area contributed by atoms with E-state index in [2.05, 4.69) is 26.1 Å². The van der Waals surface area contributed by atoms with E-state index in [1.807, 2.05) is 18.2 Å². The summed E-state index contributed by atoms with van der Waals surface area (Å²) in [6, 6.07) is 12.3. The quantitative estimate of drug-likeness (QED) is 0.626. The monoisotopic (exact) mass is 485 g/mol. The molecule has 0 radical (unpaired) electrons. The number of para-hydroxylation sites is 1. The van der Waals surface area contributed by atoms with Gasteiger partial charge in [-0.3, -0.25) is 19.3 Å². The van der Waals surface area contributed by atoms with Gasteiger partial charge in [0.1, 0.15) is 5.54 Å². The number of benzene rings is 2. The van der Waals surface area contributed by atoms with Gasteiger partial charge in [0.2, 0.25) is 17.7 Å². The summed E-state index contributed by atoms with van der Waals surface area (Å²) in [5.41, 5.74) is 0.679. The Morgan fingerprint density at radius 3 is 2.70 bits per heavy atom. The molecule has 4 atom stereocenters. The van der Waals surface area contributed by atoms with Crippen molar-refractivity contribution in [2.45, 2.75) is 24.4 Å². The lowest BCUT2D eigenvalue weighted by Crippen LogP contribution is -2.54. The number of nitrogens with zero attached hydrogens (tertiary/aromatic N) is 2. The molecule has 4 unspecified atom stereocenters. The third-order valence-electron chi connectivity index (χ3n) is 7.05. The first-order valence-electron chi connectivity index (χ1n) is 9.97. The molecule has 0 aliphatic carbocycles. The molecule has 3 amide bonds. The fourth-order valence-electron chi connectivity index (χ4n) is 6.05. The van der Waals surface area contributed by atoms with Crippen LogP contribution in [-0.2, 0) is 19.9 Å². The Kier molecular flexibility index (Phi) is 3.80. The minimum absolute atomic E-state index is 0.144. The minimum atomic E-state index is -1.17. The van der Waals surface area contributed by atoms with E-state index in [0.29, 0.717) is 22.9 Å². The normalized spacial score (nSPS) is 32.0. The van der Waals surface area contributed by atoms with Crippen molar-refractivity contribution >= 4 is 56.6 Å². The SMILES string of the molecule is O=C1C2C3CCCN3C3(C(=O)Nc4ccc(Br)cc43)C2C(=O)N1c1ccccc1Cl. The van der Waals surface area contributed by atoms with Crippen LogP contribution in [0.25, 0.3) is 0 Å². The summed E-state index contributed by atoms with van der Waals surface area (Å²) in [4.78, 5) is 44.3. The average Bonchev–Trinajstić information content (AvgIpc) is 3.42. The van der Waals surface area contributed by atoms with Crippen LogP contribution in [0.1, 0.15) is 18.4 Å². The van der Waals surface area contributed by atoms with Gasteiger partial charge in [-0.05, 0) is 49.7 Å². The summed E-state index contributed by atoms with van der Waals surface area (Å²) in [7, 11) is 0. The minimum Gasteiger partial charge on any atom is -0.324 e. The summed E-state index contributed by atoms with van der Waals surface area (Å²) >= 11 is 9.85. The lowest BCUT2D eigenvalue weighted by atomic mass is 9.75. The molecule has 1 spiro atoms. The molecule has 0 saturated carbocycles. The van der Waals surface area contributed by atoms with Crippen molar-refractivity contribution in [3.63, 3.8) is 0 Å².